The number of rotatable bonds is 10. The summed E-state index contributed by atoms with van der Waals surface area (Å²) in [6.07, 6.45) is 1.74. The number of hydrogen-bond acceptors (Lipinski definition) is 6. The second kappa shape index (κ2) is 11.8. The number of anilines is 1. The van der Waals surface area contributed by atoms with E-state index in [1.54, 1.807) is 37.3 Å². The van der Waals surface area contributed by atoms with Gasteiger partial charge < -0.3 is 10.1 Å². The summed E-state index contributed by atoms with van der Waals surface area (Å²) < 4.78 is 61.2. The van der Waals surface area contributed by atoms with Crippen LogP contribution in [0.15, 0.2) is 70.5 Å². The average Bonchev–Trinajstić information content (AvgIpc) is 3.45. The minimum atomic E-state index is -3.92. The third kappa shape index (κ3) is 6.78. The van der Waals surface area contributed by atoms with Crippen molar-refractivity contribution < 1.29 is 26.4 Å². The molecule has 1 heterocycles. The van der Waals surface area contributed by atoms with Gasteiger partial charge >= 0.3 is 0 Å². The topological polar surface area (TPSA) is 122 Å². The van der Waals surface area contributed by atoms with Crippen LogP contribution in [0.5, 0.6) is 5.75 Å². The molecule has 4 rings (SSSR count). The molecule has 1 aliphatic heterocycles. The Morgan fingerprint density at radius 3 is 2.23 bits per heavy atom. The molecule has 1 fully saturated rings. The normalized spacial score (nSPS) is 14.2. The molecule has 2 N–H and O–H groups in total. The average molecular weight is 572 g/mol. The largest absolute Gasteiger partial charge is 0.492 e. The quantitative estimate of drug-likeness (QED) is 0.355. The van der Waals surface area contributed by atoms with E-state index in [4.69, 9.17) is 4.74 Å². The highest BCUT2D eigenvalue weighted by atomic mass is 32.2. The number of hydrogen-bond donors (Lipinski definition) is 2. The number of carbonyl (C=O) groups is 1. The first kappa shape index (κ1) is 28.6. The summed E-state index contributed by atoms with van der Waals surface area (Å²) in [5, 5.41) is 2.72. The summed E-state index contributed by atoms with van der Waals surface area (Å²) in [5.41, 5.74) is 3.03. The number of nitrogens with zero attached hydrogens (tertiary/aromatic N) is 1. The Morgan fingerprint density at radius 1 is 0.872 bits per heavy atom. The predicted molar refractivity (Wildman–Crippen MR) is 150 cm³/mol. The first-order chi connectivity index (χ1) is 18.5. The van der Waals surface area contributed by atoms with Crippen LogP contribution in [-0.2, 0) is 20.0 Å². The predicted octanol–water partition coefficient (Wildman–Crippen LogP) is 4.01. The Bertz CT molecular complexity index is 1560. The lowest BCUT2D eigenvalue weighted by molar-refractivity contribution is 0.0946. The van der Waals surface area contributed by atoms with Crippen LogP contribution in [0.4, 0.5) is 5.69 Å². The third-order valence-corrected chi connectivity index (χ3v) is 9.97. The van der Waals surface area contributed by atoms with Crippen LogP contribution in [0.2, 0.25) is 0 Å². The number of nitrogens with one attached hydrogen (secondary N) is 2. The molecule has 0 spiro atoms. The Labute approximate surface area is 230 Å². The van der Waals surface area contributed by atoms with Gasteiger partial charge in [-0.05, 0) is 87.2 Å². The Kier molecular flexibility index (Phi) is 8.63. The van der Waals surface area contributed by atoms with Crippen molar-refractivity contribution in [3.8, 4) is 5.75 Å². The zero-order valence-corrected chi connectivity index (χ0v) is 23.9. The van der Waals surface area contributed by atoms with Gasteiger partial charge in [0.2, 0.25) is 10.0 Å². The minimum absolute atomic E-state index is 0.0235. The van der Waals surface area contributed by atoms with E-state index >= 15 is 0 Å². The number of sulfonamides is 2. The van der Waals surface area contributed by atoms with Gasteiger partial charge in [0.25, 0.3) is 15.9 Å². The van der Waals surface area contributed by atoms with Gasteiger partial charge in [-0.1, -0.05) is 23.8 Å². The van der Waals surface area contributed by atoms with Crippen LogP contribution in [-0.4, -0.2) is 53.3 Å². The van der Waals surface area contributed by atoms with Crippen molar-refractivity contribution in [3.63, 3.8) is 0 Å². The number of aryl methyl sites for hydroxylation is 3. The van der Waals surface area contributed by atoms with Gasteiger partial charge in [-0.25, -0.2) is 16.8 Å². The van der Waals surface area contributed by atoms with Crippen LogP contribution in [0.3, 0.4) is 0 Å². The fourth-order valence-electron chi connectivity index (χ4n) is 4.38. The SMILES string of the molecule is Cc1ccc(NS(=O)(=O)c2cc(C(=O)NCCOc3ccc(S(=O)(=O)N4CCCC4)cc3)ccc2C)c(C)c1. The highest BCUT2D eigenvalue weighted by Gasteiger charge is 2.27. The van der Waals surface area contributed by atoms with Crippen LogP contribution in [0, 0.1) is 20.8 Å². The van der Waals surface area contributed by atoms with E-state index < -0.39 is 26.0 Å². The maximum absolute atomic E-state index is 13.1. The van der Waals surface area contributed by atoms with E-state index in [9.17, 15) is 21.6 Å². The second-order valence-electron chi connectivity index (χ2n) is 9.59. The van der Waals surface area contributed by atoms with E-state index in [1.165, 1.54) is 22.5 Å². The zero-order valence-electron chi connectivity index (χ0n) is 22.2. The van der Waals surface area contributed by atoms with Crippen LogP contribution >= 0.6 is 0 Å². The van der Waals surface area contributed by atoms with E-state index in [0.29, 0.717) is 30.1 Å². The lowest BCUT2D eigenvalue weighted by Crippen LogP contribution is -2.28. The molecule has 1 saturated heterocycles. The van der Waals surface area contributed by atoms with E-state index in [2.05, 4.69) is 10.0 Å². The summed E-state index contributed by atoms with van der Waals surface area (Å²) >= 11 is 0. The number of amides is 1. The van der Waals surface area contributed by atoms with E-state index in [0.717, 1.165) is 24.0 Å². The van der Waals surface area contributed by atoms with Crippen molar-refractivity contribution in [2.45, 2.75) is 43.4 Å². The number of ether oxygens (including phenoxy) is 1. The molecule has 39 heavy (non-hydrogen) atoms. The van der Waals surface area contributed by atoms with Crippen LogP contribution in [0.1, 0.15) is 39.9 Å². The fourth-order valence-corrected chi connectivity index (χ4v) is 7.30. The van der Waals surface area contributed by atoms with Crippen molar-refractivity contribution in [1.82, 2.24) is 9.62 Å². The second-order valence-corrected chi connectivity index (χ2v) is 13.2. The molecular formula is C28H33N3O6S2. The summed E-state index contributed by atoms with van der Waals surface area (Å²) in [5.74, 6) is 0.0411. The molecule has 3 aromatic rings. The smallest absolute Gasteiger partial charge is 0.262 e. The maximum Gasteiger partial charge on any atom is 0.262 e. The lowest BCUT2D eigenvalue weighted by Gasteiger charge is -2.16. The monoisotopic (exact) mass is 571 g/mol. The molecule has 0 radical (unpaired) electrons. The Morgan fingerprint density at radius 2 is 1.56 bits per heavy atom. The summed E-state index contributed by atoms with van der Waals surface area (Å²) in [7, 11) is -7.40. The standard InChI is InChI=1S/C28H33N3O6S2/c1-20-6-13-26(22(3)18-20)30-38(33,34)27-19-23(8-7-21(27)2)28(32)29-14-17-37-24-9-11-25(12-10-24)39(35,36)31-15-4-5-16-31/h6-13,18-19,30H,4-5,14-17H2,1-3H3,(H,29,32). The van der Waals surface area contributed by atoms with Crippen molar-refractivity contribution in [1.29, 1.82) is 0 Å². The number of carbonyl (C=O) groups excluding carboxylic acids is 1. The lowest BCUT2D eigenvalue weighted by atomic mass is 10.1. The molecule has 0 atom stereocenters. The molecule has 0 aromatic heterocycles. The molecule has 208 valence electrons. The number of benzene rings is 3. The van der Waals surface area contributed by atoms with E-state index in [1.807, 2.05) is 26.0 Å². The van der Waals surface area contributed by atoms with E-state index in [-0.39, 0.29) is 28.5 Å². The van der Waals surface area contributed by atoms with Crippen molar-refractivity contribution in [2.24, 2.45) is 0 Å². The van der Waals surface area contributed by atoms with Crippen molar-refractivity contribution in [3.05, 3.63) is 82.9 Å². The van der Waals surface area contributed by atoms with Gasteiger partial charge in [-0.15, -0.1) is 0 Å². The van der Waals surface area contributed by atoms with Gasteiger partial charge in [0.1, 0.15) is 12.4 Å². The summed E-state index contributed by atoms with van der Waals surface area (Å²) in [4.78, 5) is 13.0. The molecule has 9 nitrogen and oxygen atoms in total. The summed E-state index contributed by atoms with van der Waals surface area (Å²) in [6.45, 7) is 6.83. The van der Waals surface area contributed by atoms with Crippen LogP contribution < -0.4 is 14.8 Å². The molecule has 1 amide bonds. The van der Waals surface area contributed by atoms with Crippen LogP contribution in [0.25, 0.3) is 0 Å². The first-order valence-electron chi connectivity index (χ1n) is 12.7. The molecule has 1 aliphatic rings. The molecule has 11 heteroatoms. The molecule has 0 saturated carbocycles. The molecule has 0 bridgehead atoms. The Balaban J connectivity index is 1.34. The fraction of sp³-hybridized carbons (Fsp3) is 0.321. The van der Waals surface area contributed by atoms with Crippen molar-refractivity contribution >= 4 is 31.6 Å². The highest BCUT2D eigenvalue weighted by Crippen LogP contribution is 2.25. The minimum Gasteiger partial charge on any atom is -0.492 e. The van der Waals surface area contributed by atoms with Gasteiger partial charge in [-0.2, -0.15) is 4.31 Å². The maximum atomic E-state index is 13.1. The zero-order chi connectivity index (χ0) is 28.2. The molecule has 3 aromatic carbocycles. The first-order valence-corrected chi connectivity index (χ1v) is 15.6. The molecular weight excluding hydrogens is 538 g/mol. The summed E-state index contributed by atoms with van der Waals surface area (Å²) in [6, 6.07) is 16.2. The van der Waals surface area contributed by atoms with Gasteiger partial charge in [0.05, 0.1) is 22.0 Å². The third-order valence-electron chi connectivity index (χ3n) is 6.55. The van der Waals surface area contributed by atoms with Crippen molar-refractivity contribution in [2.75, 3.05) is 31.0 Å². The highest BCUT2D eigenvalue weighted by molar-refractivity contribution is 7.92. The van der Waals surface area contributed by atoms with Gasteiger partial charge in [-0.3, -0.25) is 9.52 Å². The Hall–Kier alpha value is -3.41. The van der Waals surface area contributed by atoms with Gasteiger partial charge in [0.15, 0.2) is 0 Å². The molecule has 0 unspecified atom stereocenters. The molecule has 0 aliphatic carbocycles. The van der Waals surface area contributed by atoms with Gasteiger partial charge in [0, 0.05) is 18.7 Å².